The summed E-state index contributed by atoms with van der Waals surface area (Å²) in [6.45, 7) is 0. The van der Waals surface area contributed by atoms with E-state index in [-0.39, 0.29) is 6.42 Å². The molecule has 0 spiro atoms. The molecule has 2 nitrogen and oxygen atoms in total. The van der Waals surface area contributed by atoms with E-state index in [1.807, 2.05) is 0 Å². The van der Waals surface area contributed by atoms with E-state index in [1.165, 1.54) is 6.07 Å². The van der Waals surface area contributed by atoms with Crippen LogP contribution in [0.5, 0.6) is 0 Å². The van der Waals surface area contributed by atoms with Gasteiger partial charge in [0.25, 0.3) is 0 Å². The fraction of sp³-hybridized carbons (Fsp3) is 0.188. The summed E-state index contributed by atoms with van der Waals surface area (Å²) in [7, 11) is 0. The second-order valence-corrected chi connectivity index (χ2v) is 4.67. The lowest BCUT2D eigenvalue weighted by atomic mass is 10.0. The Morgan fingerprint density at radius 1 is 1.00 bits per heavy atom. The second-order valence-electron chi connectivity index (χ2n) is 4.67. The minimum atomic E-state index is -4.36. The summed E-state index contributed by atoms with van der Waals surface area (Å²) in [5.41, 5.74) is 1.30. The van der Waals surface area contributed by atoms with Crippen molar-refractivity contribution in [3.63, 3.8) is 0 Å². The van der Waals surface area contributed by atoms with Gasteiger partial charge in [0.15, 0.2) is 0 Å². The number of aryl methyl sites for hydroxylation is 1. The Bertz CT molecular complexity index is 631. The molecule has 0 fully saturated rings. The van der Waals surface area contributed by atoms with Gasteiger partial charge in [0.05, 0.1) is 5.56 Å². The molecule has 110 valence electrons. The maximum atomic E-state index is 12.7. The highest BCUT2D eigenvalue weighted by molar-refractivity contribution is 5.67. The van der Waals surface area contributed by atoms with Gasteiger partial charge in [0.1, 0.15) is 0 Å². The van der Waals surface area contributed by atoms with Gasteiger partial charge >= 0.3 is 12.1 Å². The normalized spacial score (nSPS) is 11.4. The summed E-state index contributed by atoms with van der Waals surface area (Å²) < 4.78 is 38.0. The number of carboxylic acids is 1. The van der Waals surface area contributed by atoms with Crippen molar-refractivity contribution in [2.24, 2.45) is 0 Å². The highest BCUT2D eigenvalue weighted by Crippen LogP contribution is 2.32. The van der Waals surface area contributed by atoms with Gasteiger partial charge in [0, 0.05) is 6.42 Å². The van der Waals surface area contributed by atoms with E-state index in [0.29, 0.717) is 17.5 Å². The van der Waals surface area contributed by atoms with Gasteiger partial charge in [-0.1, -0.05) is 36.4 Å². The third-order valence-corrected chi connectivity index (χ3v) is 3.10. The summed E-state index contributed by atoms with van der Waals surface area (Å²) in [5.74, 6) is -0.878. The fourth-order valence-electron chi connectivity index (χ4n) is 1.99. The van der Waals surface area contributed by atoms with Crippen molar-refractivity contribution in [1.29, 1.82) is 0 Å². The smallest absolute Gasteiger partial charge is 0.416 e. The van der Waals surface area contributed by atoms with Gasteiger partial charge in [-0.3, -0.25) is 4.79 Å². The minimum Gasteiger partial charge on any atom is -0.481 e. The molecule has 5 heteroatoms. The number of aliphatic carboxylic acids is 1. The van der Waals surface area contributed by atoms with Crippen molar-refractivity contribution in [2.75, 3.05) is 0 Å². The first-order valence-corrected chi connectivity index (χ1v) is 6.34. The third-order valence-electron chi connectivity index (χ3n) is 3.10. The Balaban J connectivity index is 2.21. The molecule has 0 aliphatic heterocycles. The quantitative estimate of drug-likeness (QED) is 0.908. The molecule has 0 bridgehead atoms. The number of halogens is 3. The van der Waals surface area contributed by atoms with Crippen LogP contribution >= 0.6 is 0 Å². The Kier molecular flexibility index (Phi) is 4.31. The summed E-state index contributed by atoms with van der Waals surface area (Å²) in [6, 6.07) is 12.0. The van der Waals surface area contributed by atoms with E-state index in [0.717, 1.165) is 17.7 Å². The molecule has 0 saturated heterocycles. The van der Waals surface area contributed by atoms with Crippen LogP contribution in [0.15, 0.2) is 48.5 Å². The molecular formula is C16H13F3O2. The first-order valence-electron chi connectivity index (χ1n) is 6.34. The van der Waals surface area contributed by atoms with E-state index in [9.17, 15) is 18.0 Å². The summed E-state index contributed by atoms with van der Waals surface area (Å²) in [4.78, 5) is 10.5. The molecule has 21 heavy (non-hydrogen) atoms. The zero-order valence-corrected chi connectivity index (χ0v) is 11.0. The highest BCUT2D eigenvalue weighted by atomic mass is 19.4. The molecule has 0 aromatic heterocycles. The van der Waals surface area contributed by atoms with Crippen LogP contribution in [0.25, 0.3) is 11.1 Å². The van der Waals surface area contributed by atoms with Crippen LogP contribution in [-0.4, -0.2) is 11.1 Å². The van der Waals surface area contributed by atoms with Crippen molar-refractivity contribution >= 4 is 5.97 Å². The van der Waals surface area contributed by atoms with Gasteiger partial charge in [-0.05, 0) is 35.2 Å². The summed E-state index contributed by atoms with van der Waals surface area (Å²) >= 11 is 0. The molecule has 0 radical (unpaired) electrons. The first-order chi connectivity index (χ1) is 9.86. The maximum Gasteiger partial charge on any atom is 0.416 e. The van der Waals surface area contributed by atoms with Gasteiger partial charge in [-0.25, -0.2) is 0 Å². The predicted molar refractivity (Wildman–Crippen MR) is 72.8 cm³/mol. The zero-order valence-electron chi connectivity index (χ0n) is 11.0. The average molecular weight is 294 g/mol. The number of carboxylic acid groups (broad SMARTS) is 1. The lowest BCUT2D eigenvalue weighted by Crippen LogP contribution is -2.04. The van der Waals surface area contributed by atoms with Crippen molar-refractivity contribution in [3.05, 3.63) is 59.7 Å². The lowest BCUT2D eigenvalue weighted by Gasteiger charge is -2.09. The summed E-state index contributed by atoms with van der Waals surface area (Å²) in [5, 5.41) is 8.61. The summed E-state index contributed by atoms with van der Waals surface area (Å²) in [6.07, 6.45) is -3.93. The standard InChI is InChI=1S/C16H13F3O2/c17-16(18,19)14-3-1-2-13(10-14)12-7-4-11(5-8-12)6-9-15(20)21/h1-5,7-8,10H,6,9H2,(H,20,21). The molecule has 0 aliphatic rings. The zero-order chi connectivity index (χ0) is 15.5. The third kappa shape index (κ3) is 4.08. The molecule has 0 aliphatic carbocycles. The van der Waals surface area contributed by atoms with Crippen molar-refractivity contribution in [3.8, 4) is 11.1 Å². The monoisotopic (exact) mass is 294 g/mol. The molecule has 0 heterocycles. The van der Waals surface area contributed by atoms with Crippen molar-refractivity contribution in [1.82, 2.24) is 0 Å². The minimum absolute atomic E-state index is 0.0307. The van der Waals surface area contributed by atoms with Crippen LogP contribution in [0, 0.1) is 0 Å². The molecule has 0 unspecified atom stereocenters. The van der Waals surface area contributed by atoms with Crippen LogP contribution < -0.4 is 0 Å². The topological polar surface area (TPSA) is 37.3 Å². The van der Waals surface area contributed by atoms with E-state index < -0.39 is 17.7 Å². The number of alkyl halides is 3. The number of rotatable bonds is 4. The molecule has 2 aromatic rings. The van der Waals surface area contributed by atoms with Crippen LogP contribution in [0.3, 0.4) is 0 Å². The molecule has 0 amide bonds. The van der Waals surface area contributed by atoms with Crippen molar-refractivity contribution < 1.29 is 23.1 Å². The fourth-order valence-corrected chi connectivity index (χ4v) is 1.99. The predicted octanol–water partition coefficient (Wildman–Crippen LogP) is 4.39. The molecule has 0 saturated carbocycles. The molecular weight excluding hydrogens is 281 g/mol. The van der Waals surface area contributed by atoms with E-state index in [4.69, 9.17) is 5.11 Å². The maximum absolute atomic E-state index is 12.7. The van der Waals surface area contributed by atoms with E-state index >= 15 is 0 Å². The number of benzene rings is 2. The first kappa shape index (κ1) is 15.1. The number of carbonyl (C=O) groups is 1. The number of hydrogen-bond acceptors (Lipinski definition) is 1. The molecule has 2 rings (SSSR count). The molecule has 0 atom stereocenters. The van der Waals surface area contributed by atoms with E-state index in [1.54, 1.807) is 30.3 Å². The van der Waals surface area contributed by atoms with Gasteiger partial charge in [-0.2, -0.15) is 13.2 Å². The Morgan fingerprint density at radius 3 is 2.24 bits per heavy atom. The number of hydrogen-bond donors (Lipinski definition) is 1. The van der Waals surface area contributed by atoms with Crippen molar-refractivity contribution in [2.45, 2.75) is 19.0 Å². The molecule has 2 aromatic carbocycles. The van der Waals surface area contributed by atoms with Gasteiger partial charge in [0.2, 0.25) is 0 Å². The van der Waals surface area contributed by atoms with E-state index in [2.05, 4.69) is 0 Å². The second kappa shape index (κ2) is 5.99. The van der Waals surface area contributed by atoms with Crippen LogP contribution in [-0.2, 0) is 17.4 Å². The Morgan fingerprint density at radius 2 is 1.67 bits per heavy atom. The molecule has 1 N–H and O–H groups in total. The van der Waals surface area contributed by atoms with Gasteiger partial charge in [-0.15, -0.1) is 0 Å². The van der Waals surface area contributed by atoms with Crippen LogP contribution in [0.4, 0.5) is 13.2 Å². The Hall–Kier alpha value is -2.30. The largest absolute Gasteiger partial charge is 0.481 e. The lowest BCUT2D eigenvalue weighted by molar-refractivity contribution is -0.138. The SMILES string of the molecule is O=C(O)CCc1ccc(-c2cccc(C(F)(F)F)c2)cc1. The Labute approximate surface area is 119 Å². The average Bonchev–Trinajstić information content (AvgIpc) is 2.45. The van der Waals surface area contributed by atoms with Crippen LogP contribution in [0.2, 0.25) is 0 Å². The van der Waals surface area contributed by atoms with Crippen LogP contribution in [0.1, 0.15) is 17.5 Å². The highest BCUT2D eigenvalue weighted by Gasteiger charge is 2.30. The van der Waals surface area contributed by atoms with Gasteiger partial charge < -0.3 is 5.11 Å².